The lowest BCUT2D eigenvalue weighted by molar-refractivity contribution is -0.0461. The molecule has 0 radical (unpaired) electrons. The van der Waals surface area contributed by atoms with Gasteiger partial charge in [-0.3, -0.25) is 0 Å². The predicted octanol–water partition coefficient (Wildman–Crippen LogP) is 8.17. The smallest absolute Gasteiger partial charge is 0.0682 e. The van der Waals surface area contributed by atoms with Crippen molar-refractivity contribution in [1.82, 2.24) is 0 Å². The van der Waals surface area contributed by atoms with E-state index >= 15 is 0 Å². The minimum atomic E-state index is -0.403. The first-order chi connectivity index (χ1) is 14.1. The van der Waals surface area contributed by atoms with Gasteiger partial charge >= 0.3 is 0 Å². The first-order valence-corrected chi connectivity index (χ1v) is 13.5. The van der Waals surface area contributed by atoms with E-state index in [2.05, 4.69) is 47.6 Å². The summed E-state index contributed by atoms with van der Waals surface area (Å²) in [5.74, 6) is 5.43. The van der Waals surface area contributed by atoms with Gasteiger partial charge in [-0.2, -0.15) is 0 Å². The Kier molecular flexibility index (Phi) is 6.28. The molecule has 30 heavy (non-hydrogen) atoms. The van der Waals surface area contributed by atoms with Crippen LogP contribution in [0.3, 0.4) is 0 Å². The van der Waals surface area contributed by atoms with Gasteiger partial charge in [-0.15, -0.1) is 0 Å². The largest absolute Gasteiger partial charge is 0.390 e. The summed E-state index contributed by atoms with van der Waals surface area (Å²) >= 11 is 0. The van der Waals surface area contributed by atoms with E-state index in [1.165, 1.54) is 57.8 Å². The van der Waals surface area contributed by atoms with Crippen LogP contribution in [0.15, 0.2) is 11.6 Å². The van der Waals surface area contributed by atoms with Gasteiger partial charge in [-0.1, -0.05) is 66.0 Å². The molecule has 1 heteroatoms. The molecule has 0 aliphatic heterocycles. The maximum Gasteiger partial charge on any atom is 0.0682 e. The molecule has 1 N–H and O–H groups in total. The van der Waals surface area contributed by atoms with Crippen LogP contribution in [0.25, 0.3) is 0 Å². The average Bonchev–Trinajstić information content (AvgIpc) is 3.04. The van der Waals surface area contributed by atoms with Crippen LogP contribution in [0.1, 0.15) is 119 Å². The van der Waals surface area contributed by atoms with Gasteiger partial charge < -0.3 is 5.11 Å². The van der Waals surface area contributed by atoms with Crippen LogP contribution in [-0.2, 0) is 0 Å². The molecule has 0 unspecified atom stereocenters. The Morgan fingerprint density at radius 1 is 1.10 bits per heavy atom. The summed E-state index contributed by atoms with van der Waals surface area (Å²) in [6, 6.07) is 0. The lowest BCUT2D eigenvalue weighted by Gasteiger charge is -2.55. The summed E-state index contributed by atoms with van der Waals surface area (Å²) in [7, 11) is 0. The van der Waals surface area contributed by atoms with Crippen molar-refractivity contribution < 1.29 is 5.11 Å². The van der Waals surface area contributed by atoms with E-state index in [1.807, 2.05) is 0 Å². The van der Waals surface area contributed by atoms with E-state index in [0.717, 1.165) is 54.8 Å². The molecule has 0 heterocycles. The third kappa shape index (κ3) is 4.18. The highest BCUT2D eigenvalue weighted by atomic mass is 16.3. The second-order valence-corrected chi connectivity index (χ2v) is 13.5. The molecule has 0 amide bonds. The molecule has 0 saturated heterocycles. The summed E-state index contributed by atoms with van der Waals surface area (Å²) in [4.78, 5) is 0. The molecule has 0 bridgehead atoms. The highest BCUT2D eigenvalue weighted by Gasteiger charge is 2.57. The van der Waals surface area contributed by atoms with Crippen LogP contribution in [0.5, 0.6) is 0 Å². The van der Waals surface area contributed by atoms with E-state index in [1.54, 1.807) is 5.57 Å². The summed E-state index contributed by atoms with van der Waals surface area (Å²) in [6.45, 7) is 14.6. The van der Waals surface area contributed by atoms with Gasteiger partial charge in [-0.25, -0.2) is 0 Å². The Morgan fingerprint density at radius 2 is 1.87 bits per heavy atom. The average molecular weight is 415 g/mol. The number of hydrogen-bond acceptors (Lipinski definition) is 1. The maximum absolute atomic E-state index is 10.9. The van der Waals surface area contributed by atoms with Crippen molar-refractivity contribution in [2.75, 3.05) is 0 Å². The van der Waals surface area contributed by atoms with Gasteiger partial charge in [0.1, 0.15) is 0 Å². The van der Waals surface area contributed by atoms with E-state index in [4.69, 9.17) is 0 Å². The van der Waals surface area contributed by atoms with Gasteiger partial charge in [0, 0.05) is 0 Å². The van der Waals surface area contributed by atoms with Crippen molar-refractivity contribution >= 4 is 0 Å². The fourth-order valence-corrected chi connectivity index (χ4v) is 8.80. The fraction of sp³-hybridized carbons (Fsp3) is 0.931. The third-order valence-electron chi connectivity index (χ3n) is 10.6. The van der Waals surface area contributed by atoms with Crippen molar-refractivity contribution in [2.24, 2.45) is 46.3 Å². The Balaban J connectivity index is 1.44. The molecule has 1 nitrogen and oxygen atoms in total. The molecule has 0 aromatic rings. The Bertz CT molecular complexity index is 641. The second-order valence-electron chi connectivity index (χ2n) is 13.5. The van der Waals surface area contributed by atoms with Gasteiger partial charge in [0.2, 0.25) is 0 Å². The molecule has 4 aliphatic rings. The molecule has 0 aromatic carbocycles. The van der Waals surface area contributed by atoms with Crippen LogP contribution in [0.4, 0.5) is 0 Å². The molecule has 3 saturated carbocycles. The quantitative estimate of drug-likeness (QED) is 0.450. The number of hydrogen-bond donors (Lipinski definition) is 1. The van der Waals surface area contributed by atoms with Crippen molar-refractivity contribution in [3.63, 3.8) is 0 Å². The monoisotopic (exact) mass is 414 g/mol. The molecule has 0 spiro atoms. The van der Waals surface area contributed by atoms with Crippen LogP contribution in [-0.4, -0.2) is 10.7 Å². The molecular formula is C29H50O. The first-order valence-electron chi connectivity index (χ1n) is 13.5. The minimum absolute atomic E-state index is 0.403. The maximum atomic E-state index is 10.9. The molecule has 172 valence electrons. The summed E-state index contributed by atoms with van der Waals surface area (Å²) in [6.07, 6.45) is 18.2. The summed E-state index contributed by atoms with van der Waals surface area (Å²) in [5.41, 5.74) is 2.31. The van der Waals surface area contributed by atoms with Crippen molar-refractivity contribution in [3.05, 3.63) is 11.6 Å². The number of fused-ring (bicyclic) bond motifs is 5. The molecule has 4 aliphatic carbocycles. The molecular weight excluding hydrogens is 364 g/mol. The highest BCUT2D eigenvalue weighted by molar-refractivity contribution is 5.22. The summed E-state index contributed by atoms with van der Waals surface area (Å²) < 4.78 is 0. The van der Waals surface area contributed by atoms with E-state index in [-0.39, 0.29) is 0 Å². The van der Waals surface area contributed by atoms with Crippen LogP contribution in [0.2, 0.25) is 0 Å². The predicted molar refractivity (Wildman–Crippen MR) is 128 cm³/mol. The number of aliphatic hydroxyl groups is 1. The van der Waals surface area contributed by atoms with E-state index in [0.29, 0.717) is 10.8 Å². The van der Waals surface area contributed by atoms with Gasteiger partial charge in [0.25, 0.3) is 0 Å². The van der Waals surface area contributed by atoms with Crippen LogP contribution in [0, 0.1) is 46.3 Å². The molecule has 0 aromatic heterocycles. The third-order valence-corrected chi connectivity index (χ3v) is 10.6. The van der Waals surface area contributed by atoms with Crippen LogP contribution < -0.4 is 0 Å². The van der Waals surface area contributed by atoms with Gasteiger partial charge in [-0.05, 0) is 111 Å². The van der Waals surface area contributed by atoms with Crippen molar-refractivity contribution in [1.29, 1.82) is 0 Å². The zero-order valence-corrected chi connectivity index (χ0v) is 21.0. The second kappa shape index (κ2) is 8.24. The van der Waals surface area contributed by atoms with Gasteiger partial charge in [0.15, 0.2) is 0 Å². The molecule has 3 fully saturated rings. The van der Waals surface area contributed by atoms with Crippen LogP contribution >= 0.6 is 0 Å². The zero-order valence-electron chi connectivity index (χ0n) is 21.0. The number of allylic oxidation sites excluding steroid dienone is 1. The molecule has 4 rings (SSSR count). The Labute approximate surface area is 187 Å². The highest BCUT2D eigenvalue weighted by Crippen LogP contribution is 2.65. The lowest BCUT2D eigenvalue weighted by Crippen LogP contribution is -2.48. The SMILES string of the molecule is CC[C@]1(O)CC[C@H]2C(=CC[C@@H]3[C@@H]2CC[C@]2(C)[C@@H]([C@H](C)CCCC(C)(C)C)CC[C@@H]32)C1. The van der Waals surface area contributed by atoms with E-state index in [9.17, 15) is 5.11 Å². The zero-order chi connectivity index (χ0) is 21.7. The normalized spacial score (nSPS) is 44.6. The van der Waals surface area contributed by atoms with Crippen molar-refractivity contribution in [2.45, 2.75) is 124 Å². The number of rotatable bonds is 5. The summed E-state index contributed by atoms with van der Waals surface area (Å²) in [5, 5.41) is 10.9. The lowest BCUT2D eigenvalue weighted by atomic mass is 9.50. The Hall–Kier alpha value is -0.300. The van der Waals surface area contributed by atoms with Gasteiger partial charge in [0.05, 0.1) is 5.60 Å². The minimum Gasteiger partial charge on any atom is -0.390 e. The standard InChI is InChI=1S/C29H50O/c1-7-29(30)18-15-22-21(19-29)10-11-24-23(22)14-17-28(6)25(12-13-26(24)28)20(2)9-8-16-27(3,4)5/h10,20,22-26,30H,7-9,11-19H2,1-6H3/t20-,22+,23-,24-,25-,26+,28-,29+/m1/s1. The molecule has 8 atom stereocenters. The Morgan fingerprint density at radius 3 is 2.57 bits per heavy atom. The van der Waals surface area contributed by atoms with E-state index < -0.39 is 5.60 Å². The topological polar surface area (TPSA) is 20.2 Å². The first kappa shape index (κ1) is 22.9. The van der Waals surface area contributed by atoms with Crippen molar-refractivity contribution in [3.8, 4) is 0 Å². The fourth-order valence-electron chi connectivity index (χ4n) is 8.80.